The van der Waals surface area contributed by atoms with Gasteiger partial charge in [0.1, 0.15) is 0 Å². The van der Waals surface area contributed by atoms with E-state index in [2.05, 4.69) is 4.98 Å². The van der Waals surface area contributed by atoms with E-state index in [1.165, 1.54) is 7.11 Å². The summed E-state index contributed by atoms with van der Waals surface area (Å²) in [6.07, 6.45) is 0.121. The van der Waals surface area contributed by atoms with Gasteiger partial charge < -0.3 is 25.7 Å². The zero-order valence-electron chi connectivity index (χ0n) is 9.69. The van der Waals surface area contributed by atoms with Crippen LogP contribution in [0, 0.1) is 0 Å². The highest BCUT2D eigenvalue weighted by atomic mass is 16.7. The van der Waals surface area contributed by atoms with E-state index in [0.717, 1.165) is 5.56 Å². The third-order valence-electron chi connectivity index (χ3n) is 2.27. The van der Waals surface area contributed by atoms with Crippen LogP contribution in [0.5, 0.6) is 5.88 Å². The first-order valence-corrected chi connectivity index (χ1v) is 4.76. The van der Waals surface area contributed by atoms with Gasteiger partial charge in [0, 0.05) is 26.7 Å². The number of aromatic nitrogens is 1. The minimum Gasteiger partial charge on any atom is -0.481 e. The minimum atomic E-state index is -0.367. The zero-order valence-corrected chi connectivity index (χ0v) is 9.69. The van der Waals surface area contributed by atoms with Gasteiger partial charge in [-0.05, 0) is 5.56 Å². The summed E-state index contributed by atoms with van der Waals surface area (Å²) >= 11 is 0. The molecule has 0 fully saturated rings. The lowest BCUT2D eigenvalue weighted by Crippen LogP contribution is -2.17. The van der Waals surface area contributed by atoms with Crippen LogP contribution in [0.15, 0.2) is 6.07 Å². The van der Waals surface area contributed by atoms with Gasteiger partial charge in [0.2, 0.25) is 5.88 Å². The summed E-state index contributed by atoms with van der Waals surface area (Å²) < 4.78 is 15.2. The number of hydrogen-bond donors (Lipinski definition) is 2. The topological polar surface area (TPSA) is 92.6 Å². The molecule has 0 unspecified atom stereocenters. The van der Waals surface area contributed by atoms with E-state index < -0.39 is 0 Å². The van der Waals surface area contributed by atoms with Gasteiger partial charge in [-0.15, -0.1) is 0 Å². The second-order valence-corrected chi connectivity index (χ2v) is 3.23. The summed E-state index contributed by atoms with van der Waals surface area (Å²) in [5.74, 6) is 0.674. The number of nitrogens with zero attached hydrogens (tertiary/aromatic N) is 1. The number of methoxy groups -OCH3 is 3. The Hall–Kier alpha value is -1.53. The smallest absolute Gasteiger partial charge is 0.215 e. The Balaban J connectivity index is 2.97. The largest absolute Gasteiger partial charge is 0.481 e. The predicted molar refractivity (Wildman–Crippen MR) is 61.1 cm³/mol. The van der Waals surface area contributed by atoms with Gasteiger partial charge in [0.15, 0.2) is 12.1 Å². The quantitative estimate of drug-likeness (QED) is 0.708. The van der Waals surface area contributed by atoms with Gasteiger partial charge in [-0.25, -0.2) is 0 Å². The molecule has 0 aliphatic heterocycles. The molecule has 1 aromatic heterocycles. The van der Waals surface area contributed by atoms with Gasteiger partial charge in [-0.3, -0.25) is 0 Å². The van der Waals surface area contributed by atoms with E-state index in [0.29, 0.717) is 18.0 Å². The van der Waals surface area contributed by atoms with Crippen molar-refractivity contribution in [3.8, 4) is 5.88 Å². The highest BCUT2D eigenvalue weighted by molar-refractivity contribution is 5.64. The Morgan fingerprint density at radius 3 is 2.38 bits per heavy atom. The van der Waals surface area contributed by atoms with Gasteiger partial charge in [0.05, 0.1) is 12.8 Å². The Morgan fingerprint density at radius 1 is 1.25 bits per heavy atom. The summed E-state index contributed by atoms with van der Waals surface area (Å²) in [5, 5.41) is 0. The molecular formula is C10H17N3O3. The number of nitrogens with two attached hydrogens (primary N) is 2. The molecule has 0 aliphatic carbocycles. The van der Waals surface area contributed by atoms with Crippen molar-refractivity contribution in [2.75, 3.05) is 32.8 Å². The fourth-order valence-corrected chi connectivity index (χ4v) is 1.32. The molecule has 1 heterocycles. The fraction of sp³-hybridized carbons (Fsp3) is 0.500. The molecule has 4 N–H and O–H groups in total. The predicted octanol–water partition coefficient (Wildman–Crippen LogP) is 0.416. The van der Waals surface area contributed by atoms with Crippen LogP contribution in [0.4, 0.5) is 11.5 Å². The molecule has 1 aromatic rings. The third-order valence-corrected chi connectivity index (χ3v) is 2.27. The second-order valence-electron chi connectivity index (χ2n) is 3.23. The lowest BCUT2D eigenvalue weighted by molar-refractivity contribution is -0.100. The third kappa shape index (κ3) is 2.74. The average Bonchev–Trinajstić information content (AvgIpc) is 2.30. The fourth-order valence-electron chi connectivity index (χ4n) is 1.32. The van der Waals surface area contributed by atoms with Crippen molar-refractivity contribution in [3.63, 3.8) is 0 Å². The normalized spacial score (nSPS) is 10.8. The Labute approximate surface area is 94.5 Å². The Morgan fingerprint density at radius 2 is 1.88 bits per heavy atom. The van der Waals surface area contributed by atoms with Crippen molar-refractivity contribution >= 4 is 11.5 Å². The molecule has 6 nitrogen and oxygen atoms in total. The molecule has 0 aliphatic rings. The van der Waals surface area contributed by atoms with Crippen LogP contribution in [0.3, 0.4) is 0 Å². The summed E-state index contributed by atoms with van der Waals surface area (Å²) in [5.41, 5.74) is 12.7. The first kappa shape index (κ1) is 12.5. The first-order chi connectivity index (χ1) is 7.62. The zero-order chi connectivity index (χ0) is 12.1. The highest BCUT2D eigenvalue weighted by Crippen LogP contribution is 2.24. The van der Waals surface area contributed by atoms with Crippen molar-refractivity contribution in [1.29, 1.82) is 0 Å². The molecule has 90 valence electrons. The molecule has 1 rings (SSSR count). The summed E-state index contributed by atoms with van der Waals surface area (Å²) in [7, 11) is 4.64. The van der Waals surface area contributed by atoms with Crippen LogP contribution < -0.4 is 16.2 Å². The van der Waals surface area contributed by atoms with E-state index >= 15 is 0 Å². The number of anilines is 2. The van der Waals surface area contributed by atoms with Crippen LogP contribution in [0.1, 0.15) is 5.56 Å². The van der Waals surface area contributed by atoms with E-state index in [4.69, 9.17) is 25.7 Å². The van der Waals surface area contributed by atoms with Crippen molar-refractivity contribution in [2.24, 2.45) is 0 Å². The maximum Gasteiger partial charge on any atom is 0.215 e. The molecule has 0 bridgehead atoms. The number of rotatable bonds is 5. The lowest BCUT2D eigenvalue weighted by atomic mass is 10.1. The monoisotopic (exact) mass is 227 g/mol. The number of pyridine rings is 1. The van der Waals surface area contributed by atoms with Crippen LogP contribution >= 0.6 is 0 Å². The lowest BCUT2D eigenvalue weighted by Gasteiger charge is -2.15. The Bertz CT molecular complexity index is 353. The SMILES string of the molecule is COc1cc(CC(OC)OC)c(N)c(N)n1. The van der Waals surface area contributed by atoms with Crippen molar-refractivity contribution in [1.82, 2.24) is 4.98 Å². The van der Waals surface area contributed by atoms with Gasteiger partial charge in [-0.2, -0.15) is 4.98 Å². The summed E-state index contributed by atoms with van der Waals surface area (Å²) in [6.45, 7) is 0. The van der Waals surface area contributed by atoms with Crippen LogP contribution in [0.25, 0.3) is 0 Å². The summed E-state index contributed by atoms with van der Waals surface area (Å²) in [4.78, 5) is 3.96. The average molecular weight is 227 g/mol. The molecule has 0 atom stereocenters. The number of ether oxygens (including phenoxy) is 3. The number of hydrogen-bond acceptors (Lipinski definition) is 6. The van der Waals surface area contributed by atoms with Crippen LogP contribution in [-0.4, -0.2) is 32.6 Å². The molecule has 16 heavy (non-hydrogen) atoms. The van der Waals surface area contributed by atoms with Crippen molar-refractivity contribution < 1.29 is 14.2 Å². The maximum atomic E-state index is 5.81. The number of nitrogen functional groups attached to an aromatic ring is 2. The first-order valence-electron chi connectivity index (χ1n) is 4.76. The standard InChI is InChI=1S/C10H17N3O3/c1-14-7-4-6(5-8(15-2)16-3)9(11)10(12)13-7/h4,8H,5,11H2,1-3H3,(H2,12,13). The van der Waals surface area contributed by atoms with Crippen molar-refractivity contribution in [3.05, 3.63) is 11.6 Å². The van der Waals surface area contributed by atoms with E-state index in [-0.39, 0.29) is 12.1 Å². The molecule has 0 amide bonds. The molecule has 0 aromatic carbocycles. The van der Waals surface area contributed by atoms with Gasteiger partial charge in [0.25, 0.3) is 0 Å². The molecule has 0 saturated heterocycles. The van der Waals surface area contributed by atoms with Crippen LogP contribution in [0.2, 0.25) is 0 Å². The molecular weight excluding hydrogens is 210 g/mol. The van der Waals surface area contributed by atoms with Gasteiger partial charge in [-0.1, -0.05) is 0 Å². The molecule has 6 heteroatoms. The Kier molecular flexibility index (Phi) is 4.33. The molecule has 0 radical (unpaired) electrons. The maximum absolute atomic E-state index is 5.81. The molecule has 0 saturated carbocycles. The summed E-state index contributed by atoms with van der Waals surface area (Å²) in [6, 6.07) is 1.72. The van der Waals surface area contributed by atoms with Gasteiger partial charge >= 0.3 is 0 Å². The van der Waals surface area contributed by atoms with E-state index in [1.807, 2.05) is 0 Å². The molecule has 0 spiro atoms. The highest BCUT2D eigenvalue weighted by Gasteiger charge is 2.13. The van der Waals surface area contributed by atoms with Crippen molar-refractivity contribution in [2.45, 2.75) is 12.7 Å². The van der Waals surface area contributed by atoms with E-state index in [1.54, 1.807) is 20.3 Å². The van der Waals surface area contributed by atoms with Crippen LogP contribution in [-0.2, 0) is 15.9 Å². The minimum absolute atomic E-state index is 0.250. The second kappa shape index (κ2) is 5.53. The van der Waals surface area contributed by atoms with E-state index in [9.17, 15) is 0 Å².